The van der Waals surface area contributed by atoms with Gasteiger partial charge in [-0.15, -0.1) is 0 Å². The third-order valence-electron chi connectivity index (χ3n) is 8.55. The van der Waals surface area contributed by atoms with Crippen LogP contribution in [0.1, 0.15) is 53.7 Å². The molecule has 1 fully saturated rings. The van der Waals surface area contributed by atoms with Crippen molar-refractivity contribution in [3.05, 3.63) is 142 Å². The summed E-state index contributed by atoms with van der Waals surface area (Å²) in [5.74, 6) is -2.05. The number of anilines is 1. The number of nitrogens with zero attached hydrogens (tertiary/aromatic N) is 1. The molecule has 0 aromatic heterocycles. The van der Waals surface area contributed by atoms with E-state index in [1.54, 1.807) is 48.5 Å². The molecule has 2 heterocycles. The van der Waals surface area contributed by atoms with Crippen LogP contribution in [-0.2, 0) is 0 Å². The summed E-state index contributed by atoms with van der Waals surface area (Å²) in [5, 5.41) is 0. The number of fused-ring (bicyclic) bond motifs is 5. The Hall–Kier alpha value is -4.64. The lowest BCUT2D eigenvalue weighted by Gasteiger charge is -2.37. The van der Waals surface area contributed by atoms with E-state index in [1.165, 1.54) is 12.1 Å². The Kier molecular flexibility index (Phi) is 5.08. The molecule has 39 heavy (non-hydrogen) atoms. The number of aryl methyl sites for hydroxylation is 1. The molecule has 3 aliphatic rings. The van der Waals surface area contributed by atoms with E-state index in [0.29, 0.717) is 22.3 Å². The Bertz CT molecular complexity index is 1670. The minimum Gasteiger partial charge on any atom is -0.352 e. The van der Waals surface area contributed by atoms with Gasteiger partial charge in [-0.25, -0.2) is 4.39 Å². The third-order valence-corrected chi connectivity index (χ3v) is 8.55. The average molecular weight is 514 g/mol. The first-order valence-electron chi connectivity index (χ1n) is 13.0. The van der Waals surface area contributed by atoms with E-state index in [9.17, 15) is 18.8 Å². The smallest absolute Gasteiger partial charge is 0.185 e. The Morgan fingerprint density at radius 2 is 1.41 bits per heavy atom. The van der Waals surface area contributed by atoms with Crippen LogP contribution in [-0.4, -0.2) is 29.4 Å². The molecule has 0 amide bonds. The fraction of sp³-hybridized carbons (Fsp3) is 0.147. The van der Waals surface area contributed by atoms with Crippen LogP contribution in [0.25, 0.3) is 6.08 Å². The topological polar surface area (TPSA) is 54.5 Å². The van der Waals surface area contributed by atoms with Crippen LogP contribution in [0.15, 0.2) is 103 Å². The van der Waals surface area contributed by atoms with Gasteiger partial charge in [-0.1, -0.05) is 96.6 Å². The molecule has 1 aliphatic carbocycles. The molecule has 7 rings (SSSR count). The largest absolute Gasteiger partial charge is 0.352 e. The van der Waals surface area contributed by atoms with Crippen LogP contribution in [0.4, 0.5) is 10.1 Å². The van der Waals surface area contributed by atoms with Gasteiger partial charge in [0.05, 0.1) is 6.04 Å². The highest BCUT2D eigenvalue weighted by atomic mass is 19.1. The maximum Gasteiger partial charge on any atom is 0.185 e. The van der Waals surface area contributed by atoms with Gasteiger partial charge >= 0.3 is 0 Å². The van der Waals surface area contributed by atoms with Crippen molar-refractivity contribution < 1.29 is 18.8 Å². The quantitative estimate of drug-likeness (QED) is 0.233. The summed E-state index contributed by atoms with van der Waals surface area (Å²) < 4.78 is 14.1. The number of benzene rings is 4. The highest BCUT2D eigenvalue weighted by molar-refractivity contribution is 6.32. The molecule has 0 saturated carbocycles. The second-order valence-electron chi connectivity index (χ2n) is 10.5. The van der Waals surface area contributed by atoms with Gasteiger partial charge in [0.25, 0.3) is 0 Å². The summed E-state index contributed by atoms with van der Waals surface area (Å²) in [5.41, 5.74) is 2.93. The number of hydrogen-bond donors (Lipinski definition) is 0. The van der Waals surface area contributed by atoms with Crippen LogP contribution < -0.4 is 4.90 Å². The molecule has 4 aromatic carbocycles. The fourth-order valence-electron chi connectivity index (χ4n) is 6.85. The van der Waals surface area contributed by atoms with Crippen LogP contribution in [0.5, 0.6) is 0 Å². The maximum atomic E-state index is 14.5. The minimum absolute atomic E-state index is 0.187. The Morgan fingerprint density at radius 1 is 0.795 bits per heavy atom. The summed E-state index contributed by atoms with van der Waals surface area (Å²) in [6, 6.07) is 26.2. The molecule has 1 spiro atoms. The standard InChI is InChI=1S/C34H24FNO3/c1-20-10-12-23(13-11-20)31(37)30-29(22-14-17-24(35)18-15-22)34(32(38)25-7-3-4-8-26(25)33(34)39)28-19-16-21-6-2-5-9-27(21)36(28)30/h2-19,28-30H,1H3/t28?,29-,30+/m0/s1. The van der Waals surface area contributed by atoms with E-state index in [2.05, 4.69) is 0 Å². The van der Waals surface area contributed by atoms with E-state index in [-0.39, 0.29) is 17.3 Å². The van der Waals surface area contributed by atoms with Crippen molar-refractivity contribution in [3.8, 4) is 0 Å². The van der Waals surface area contributed by atoms with Crippen molar-refractivity contribution in [2.24, 2.45) is 5.41 Å². The predicted molar refractivity (Wildman–Crippen MR) is 148 cm³/mol. The van der Waals surface area contributed by atoms with Crippen molar-refractivity contribution in [2.45, 2.75) is 24.9 Å². The Balaban J connectivity index is 1.54. The second kappa shape index (κ2) is 8.43. The van der Waals surface area contributed by atoms with Crippen molar-refractivity contribution in [2.75, 3.05) is 4.90 Å². The zero-order chi connectivity index (χ0) is 26.9. The molecule has 4 nitrogen and oxygen atoms in total. The molecule has 1 saturated heterocycles. The van der Waals surface area contributed by atoms with Crippen molar-refractivity contribution >= 4 is 29.1 Å². The van der Waals surface area contributed by atoms with Crippen LogP contribution in [0.3, 0.4) is 0 Å². The summed E-state index contributed by atoms with van der Waals surface area (Å²) in [7, 11) is 0. The molecule has 3 atom stereocenters. The third kappa shape index (κ3) is 3.13. The normalized spacial score (nSPS) is 22.1. The number of carbonyl (C=O) groups excluding carboxylic acids is 3. The second-order valence-corrected chi connectivity index (χ2v) is 10.5. The lowest BCUT2D eigenvalue weighted by atomic mass is 9.64. The van der Waals surface area contributed by atoms with Gasteiger partial charge in [-0.05, 0) is 36.2 Å². The number of carbonyl (C=O) groups is 3. The number of halogens is 1. The highest BCUT2D eigenvalue weighted by Gasteiger charge is 2.71. The van der Waals surface area contributed by atoms with Gasteiger partial charge in [0.2, 0.25) is 0 Å². The van der Waals surface area contributed by atoms with Gasteiger partial charge in [0.15, 0.2) is 17.3 Å². The number of Topliss-reactive ketones (excluding diaryl/α,β-unsaturated/α-hetero) is 3. The van der Waals surface area contributed by atoms with Crippen molar-refractivity contribution in [3.63, 3.8) is 0 Å². The first-order chi connectivity index (χ1) is 18.9. The van der Waals surface area contributed by atoms with Gasteiger partial charge in [-0.2, -0.15) is 0 Å². The van der Waals surface area contributed by atoms with Crippen LogP contribution in [0, 0.1) is 18.2 Å². The summed E-state index contributed by atoms with van der Waals surface area (Å²) >= 11 is 0. The summed E-state index contributed by atoms with van der Waals surface area (Å²) in [4.78, 5) is 45.6. The molecular weight excluding hydrogens is 489 g/mol. The van der Waals surface area contributed by atoms with E-state index < -0.39 is 29.2 Å². The molecule has 0 radical (unpaired) electrons. The molecule has 5 heteroatoms. The lowest BCUT2D eigenvalue weighted by molar-refractivity contribution is 0.0666. The monoisotopic (exact) mass is 513 g/mol. The molecule has 1 unspecified atom stereocenters. The van der Waals surface area contributed by atoms with E-state index in [0.717, 1.165) is 16.8 Å². The fourth-order valence-corrected chi connectivity index (χ4v) is 6.85. The van der Waals surface area contributed by atoms with Crippen molar-refractivity contribution in [1.29, 1.82) is 0 Å². The molecule has 4 aromatic rings. The zero-order valence-electron chi connectivity index (χ0n) is 21.2. The molecular formula is C34H24FNO3. The average Bonchev–Trinajstić information content (AvgIpc) is 3.40. The Labute approximate surface area is 225 Å². The SMILES string of the molecule is Cc1ccc(C(=O)[C@H]2[C@H](c3ccc(F)cc3)C3(C(=O)c4ccccc4C3=O)C3C=Cc4ccccc4N32)cc1. The number of rotatable bonds is 3. The number of hydrogen-bond acceptors (Lipinski definition) is 4. The molecule has 190 valence electrons. The van der Waals surface area contributed by atoms with Crippen LogP contribution >= 0.6 is 0 Å². The first kappa shape index (κ1) is 23.5. The maximum absolute atomic E-state index is 14.5. The highest BCUT2D eigenvalue weighted by Crippen LogP contribution is 2.60. The summed E-state index contributed by atoms with van der Waals surface area (Å²) in [6.45, 7) is 1.95. The predicted octanol–water partition coefficient (Wildman–Crippen LogP) is 6.45. The van der Waals surface area contributed by atoms with Gasteiger partial charge in [-0.3, -0.25) is 14.4 Å². The first-order valence-corrected chi connectivity index (χ1v) is 13.0. The molecule has 0 bridgehead atoms. The lowest BCUT2D eigenvalue weighted by Crippen LogP contribution is -2.48. The van der Waals surface area contributed by atoms with E-state index >= 15 is 0 Å². The Morgan fingerprint density at radius 3 is 2.08 bits per heavy atom. The summed E-state index contributed by atoms with van der Waals surface area (Å²) in [6.07, 6.45) is 3.82. The number of para-hydroxylation sites is 1. The van der Waals surface area contributed by atoms with Crippen molar-refractivity contribution in [1.82, 2.24) is 0 Å². The number of ketones is 3. The molecule has 0 N–H and O–H groups in total. The van der Waals surface area contributed by atoms with Gasteiger partial charge in [0.1, 0.15) is 17.3 Å². The zero-order valence-corrected chi connectivity index (χ0v) is 21.2. The van der Waals surface area contributed by atoms with Gasteiger partial charge in [0, 0.05) is 28.3 Å². The molecule has 2 aliphatic heterocycles. The van der Waals surface area contributed by atoms with Gasteiger partial charge < -0.3 is 4.90 Å². The van der Waals surface area contributed by atoms with Crippen LogP contribution in [0.2, 0.25) is 0 Å². The van der Waals surface area contributed by atoms with E-state index in [1.807, 2.05) is 60.4 Å². The minimum atomic E-state index is -1.59. The van der Waals surface area contributed by atoms with E-state index in [4.69, 9.17) is 0 Å².